The smallest absolute Gasteiger partial charge is 0.339 e. The highest BCUT2D eigenvalue weighted by atomic mass is 16.4. The number of carbonyl (C=O) groups is 1. The molecule has 0 spiro atoms. The summed E-state index contributed by atoms with van der Waals surface area (Å²) in [5.41, 5.74) is 1.38. The zero-order chi connectivity index (χ0) is 13.6. The highest BCUT2D eigenvalue weighted by Gasteiger charge is 2.41. The van der Waals surface area contributed by atoms with Crippen LogP contribution in [0.3, 0.4) is 0 Å². The summed E-state index contributed by atoms with van der Waals surface area (Å²) in [6.45, 7) is 3.60. The van der Waals surface area contributed by atoms with E-state index in [-0.39, 0.29) is 11.3 Å². The maximum atomic E-state index is 11.5. The molecule has 0 saturated heterocycles. The van der Waals surface area contributed by atoms with Crippen molar-refractivity contribution in [3.05, 3.63) is 35.4 Å². The van der Waals surface area contributed by atoms with E-state index in [4.69, 9.17) is 0 Å². The summed E-state index contributed by atoms with van der Waals surface area (Å²) in [5, 5.41) is 19.5. The van der Waals surface area contributed by atoms with Gasteiger partial charge in [0.25, 0.3) is 0 Å². The molecular weight excluding hydrogens is 240 g/mol. The number of hydrogen-bond acceptors (Lipinski definition) is 2. The summed E-state index contributed by atoms with van der Waals surface area (Å²) >= 11 is 0. The summed E-state index contributed by atoms with van der Waals surface area (Å²) in [6, 6.07) is 3.64. The van der Waals surface area contributed by atoms with Crippen LogP contribution in [0, 0.1) is 11.8 Å². The van der Waals surface area contributed by atoms with Crippen molar-refractivity contribution in [2.75, 3.05) is 0 Å². The van der Waals surface area contributed by atoms with Crippen LogP contribution in [0.4, 0.5) is 0 Å². The van der Waals surface area contributed by atoms with Gasteiger partial charge in [0.05, 0.1) is 0 Å². The molecule has 2 fully saturated rings. The van der Waals surface area contributed by atoms with Gasteiger partial charge in [-0.2, -0.15) is 0 Å². The molecule has 3 heteroatoms. The van der Waals surface area contributed by atoms with Gasteiger partial charge in [-0.3, -0.25) is 0 Å². The van der Waals surface area contributed by atoms with Crippen LogP contribution < -0.4 is 0 Å². The Morgan fingerprint density at radius 3 is 2.63 bits per heavy atom. The fourth-order valence-electron chi connectivity index (χ4n) is 3.95. The molecule has 100 valence electrons. The lowest BCUT2D eigenvalue weighted by molar-refractivity contribution is 0.0691. The Kier molecular flexibility index (Phi) is 2.85. The fourth-order valence-corrected chi connectivity index (χ4v) is 3.95. The number of aromatic hydroxyl groups is 1. The van der Waals surface area contributed by atoms with E-state index in [1.165, 1.54) is 25.3 Å². The average molecular weight is 258 g/mol. The first-order chi connectivity index (χ1) is 9.11. The van der Waals surface area contributed by atoms with Crippen LogP contribution >= 0.6 is 0 Å². The second kappa shape index (κ2) is 4.41. The molecule has 0 heterocycles. The van der Waals surface area contributed by atoms with Gasteiger partial charge >= 0.3 is 5.97 Å². The normalized spacial score (nSPS) is 28.5. The topological polar surface area (TPSA) is 57.5 Å². The first kappa shape index (κ1) is 12.3. The minimum Gasteiger partial charge on any atom is -0.506 e. The second-order valence-corrected chi connectivity index (χ2v) is 5.76. The third-order valence-corrected chi connectivity index (χ3v) is 4.81. The number of carboxylic acids is 1. The predicted molar refractivity (Wildman–Crippen MR) is 73.3 cm³/mol. The molecule has 2 aliphatic rings. The molecule has 3 rings (SSSR count). The van der Waals surface area contributed by atoms with Crippen molar-refractivity contribution in [2.45, 2.75) is 31.6 Å². The Morgan fingerprint density at radius 1 is 1.32 bits per heavy atom. The largest absolute Gasteiger partial charge is 0.506 e. The van der Waals surface area contributed by atoms with Crippen LogP contribution in [-0.2, 0) is 0 Å². The summed E-state index contributed by atoms with van der Waals surface area (Å²) in [7, 11) is 0. The zero-order valence-corrected chi connectivity index (χ0v) is 10.8. The summed E-state index contributed by atoms with van der Waals surface area (Å²) in [5.74, 6) is 0.464. The van der Waals surface area contributed by atoms with E-state index in [1.807, 2.05) is 6.07 Å². The molecule has 1 aromatic carbocycles. The lowest BCUT2D eigenvalue weighted by atomic mass is 9.80. The quantitative estimate of drug-likeness (QED) is 0.870. The van der Waals surface area contributed by atoms with Gasteiger partial charge in [0, 0.05) is 5.56 Å². The lowest BCUT2D eigenvalue weighted by Crippen LogP contribution is -2.13. The van der Waals surface area contributed by atoms with E-state index in [0.717, 1.165) is 17.9 Å². The van der Waals surface area contributed by atoms with Crippen LogP contribution in [0.25, 0.3) is 6.08 Å². The first-order valence-electron chi connectivity index (χ1n) is 6.83. The minimum atomic E-state index is -1.04. The van der Waals surface area contributed by atoms with Crippen LogP contribution in [0.5, 0.6) is 5.75 Å². The predicted octanol–water partition coefficient (Wildman–Crippen LogP) is 3.64. The molecule has 2 saturated carbocycles. The highest BCUT2D eigenvalue weighted by molar-refractivity contribution is 5.94. The van der Waals surface area contributed by atoms with E-state index in [1.54, 1.807) is 6.07 Å². The Labute approximate surface area is 112 Å². The van der Waals surface area contributed by atoms with Crippen LogP contribution in [0.1, 0.15) is 53.1 Å². The Morgan fingerprint density at radius 2 is 2.11 bits per heavy atom. The van der Waals surface area contributed by atoms with Gasteiger partial charge in [-0.05, 0) is 42.6 Å². The SMILES string of the molecule is C=Cc1ccc(C2CC3CCC2C3)c(C(=O)O)c1O. The third-order valence-electron chi connectivity index (χ3n) is 4.81. The van der Waals surface area contributed by atoms with Crippen molar-refractivity contribution in [1.82, 2.24) is 0 Å². The maximum absolute atomic E-state index is 11.5. The van der Waals surface area contributed by atoms with Gasteiger partial charge in [0.2, 0.25) is 0 Å². The third kappa shape index (κ3) is 1.84. The van der Waals surface area contributed by atoms with E-state index in [2.05, 4.69) is 6.58 Å². The molecule has 3 unspecified atom stereocenters. The molecular formula is C16H18O3. The molecule has 0 radical (unpaired) electrons. The van der Waals surface area contributed by atoms with Gasteiger partial charge in [0.1, 0.15) is 11.3 Å². The number of rotatable bonds is 3. The second-order valence-electron chi connectivity index (χ2n) is 5.76. The molecule has 0 aliphatic heterocycles. The number of hydrogen-bond donors (Lipinski definition) is 2. The van der Waals surface area contributed by atoms with E-state index in [9.17, 15) is 15.0 Å². The zero-order valence-electron chi connectivity index (χ0n) is 10.8. The Hall–Kier alpha value is -1.77. The number of aromatic carboxylic acids is 1. The molecule has 3 atom stereocenters. The lowest BCUT2D eigenvalue weighted by Gasteiger charge is -2.24. The molecule has 19 heavy (non-hydrogen) atoms. The fraction of sp³-hybridized carbons (Fsp3) is 0.438. The van der Waals surface area contributed by atoms with Crippen LogP contribution in [0.15, 0.2) is 18.7 Å². The van der Waals surface area contributed by atoms with Crippen molar-refractivity contribution in [1.29, 1.82) is 0 Å². The molecule has 0 aromatic heterocycles. The van der Waals surface area contributed by atoms with Crippen molar-refractivity contribution < 1.29 is 15.0 Å². The van der Waals surface area contributed by atoms with Gasteiger partial charge in [-0.1, -0.05) is 31.2 Å². The maximum Gasteiger partial charge on any atom is 0.339 e. The number of phenols is 1. The summed E-state index contributed by atoms with van der Waals surface area (Å²) in [6.07, 6.45) is 6.25. The van der Waals surface area contributed by atoms with Crippen molar-refractivity contribution in [3.8, 4) is 5.75 Å². The van der Waals surface area contributed by atoms with Crippen LogP contribution in [0.2, 0.25) is 0 Å². The average Bonchev–Trinajstić information content (AvgIpc) is 3.00. The van der Waals surface area contributed by atoms with Crippen LogP contribution in [-0.4, -0.2) is 16.2 Å². The van der Waals surface area contributed by atoms with Crippen molar-refractivity contribution in [3.63, 3.8) is 0 Å². The van der Waals surface area contributed by atoms with Gasteiger partial charge < -0.3 is 10.2 Å². The van der Waals surface area contributed by atoms with Crippen molar-refractivity contribution >= 4 is 12.0 Å². The standard InChI is InChI=1S/C16H18O3/c1-2-10-5-6-12(14(15(10)17)16(18)19)13-8-9-3-4-11(13)7-9/h2,5-6,9,11,13,17H,1,3-4,7-8H2,(H,18,19). The number of benzene rings is 1. The van der Waals surface area contributed by atoms with Gasteiger partial charge in [0.15, 0.2) is 0 Å². The number of carboxylic acid groups (broad SMARTS) is 1. The monoisotopic (exact) mass is 258 g/mol. The van der Waals surface area contributed by atoms with E-state index in [0.29, 0.717) is 17.4 Å². The summed E-state index contributed by atoms with van der Waals surface area (Å²) in [4.78, 5) is 11.5. The summed E-state index contributed by atoms with van der Waals surface area (Å²) < 4.78 is 0. The van der Waals surface area contributed by atoms with Gasteiger partial charge in [-0.25, -0.2) is 4.79 Å². The molecule has 1 aromatic rings. The minimum absolute atomic E-state index is 0.0787. The highest BCUT2D eigenvalue weighted by Crippen LogP contribution is 2.54. The van der Waals surface area contributed by atoms with E-state index >= 15 is 0 Å². The van der Waals surface area contributed by atoms with Crippen molar-refractivity contribution in [2.24, 2.45) is 11.8 Å². The van der Waals surface area contributed by atoms with E-state index < -0.39 is 5.97 Å². The van der Waals surface area contributed by atoms with Gasteiger partial charge in [-0.15, -0.1) is 0 Å². The number of fused-ring (bicyclic) bond motifs is 2. The molecule has 3 nitrogen and oxygen atoms in total. The molecule has 2 N–H and O–H groups in total. The molecule has 0 amide bonds. The Balaban J connectivity index is 2.08. The first-order valence-corrected chi connectivity index (χ1v) is 6.83. The molecule has 2 bridgehead atoms. The Bertz CT molecular complexity index is 547. The molecule has 2 aliphatic carbocycles.